The van der Waals surface area contributed by atoms with E-state index in [0.717, 1.165) is 19.0 Å². The first-order valence-corrected chi connectivity index (χ1v) is 6.38. The highest BCUT2D eigenvalue weighted by molar-refractivity contribution is 4.84. The molecule has 0 aromatic rings. The van der Waals surface area contributed by atoms with Crippen molar-refractivity contribution in [1.29, 1.82) is 0 Å². The molecule has 1 aliphatic heterocycles. The number of hydrogen-bond donors (Lipinski definition) is 2. The third-order valence-corrected chi connectivity index (χ3v) is 4.18. The molecule has 1 heterocycles. The minimum absolute atomic E-state index is 0.372. The molecule has 0 spiro atoms. The molecule has 2 atom stereocenters. The van der Waals surface area contributed by atoms with Crippen molar-refractivity contribution in [3.8, 4) is 0 Å². The van der Waals surface area contributed by atoms with Crippen LogP contribution in [0, 0.1) is 11.8 Å². The number of likely N-dealkylation sites (tertiary alicyclic amines) is 1. The molecule has 0 bridgehead atoms. The Kier molecular flexibility index (Phi) is 4.00. The number of aliphatic hydroxyl groups excluding tert-OH is 1. The van der Waals surface area contributed by atoms with Gasteiger partial charge in [0.05, 0.1) is 0 Å². The van der Waals surface area contributed by atoms with Crippen molar-refractivity contribution >= 4 is 0 Å². The maximum atomic E-state index is 9.07. The summed E-state index contributed by atoms with van der Waals surface area (Å²) in [4.78, 5) is 2.54. The number of rotatable bonds is 3. The van der Waals surface area contributed by atoms with Crippen LogP contribution in [0.4, 0.5) is 0 Å². The maximum absolute atomic E-state index is 9.07. The Morgan fingerprint density at radius 3 is 2.40 bits per heavy atom. The first-order valence-electron chi connectivity index (χ1n) is 6.38. The normalized spacial score (nSPS) is 34.8. The third kappa shape index (κ3) is 2.92. The van der Waals surface area contributed by atoms with E-state index in [4.69, 9.17) is 10.8 Å². The van der Waals surface area contributed by atoms with E-state index >= 15 is 0 Å². The van der Waals surface area contributed by atoms with E-state index in [1.54, 1.807) is 0 Å². The summed E-state index contributed by atoms with van der Waals surface area (Å²) in [5.41, 5.74) is 6.08. The molecule has 3 heteroatoms. The largest absolute Gasteiger partial charge is 0.396 e. The second-order valence-corrected chi connectivity index (χ2v) is 5.28. The molecule has 2 unspecified atom stereocenters. The van der Waals surface area contributed by atoms with Gasteiger partial charge in [0.2, 0.25) is 0 Å². The Balaban J connectivity index is 1.72. The van der Waals surface area contributed by atoms with Gasteiger partial charge < -0.3 is 15.7 Å². The summed E-state index contributed by atoms with van der Waals surface area (Å²) in [5, 5.41) is 9.07. The molecule has 0 radical (unpaired) electrons. The average molecular weight is 212 g/mol. The average Bonchev–Trinajstić information content (AvgIpc) is 2.66. The van der Waals surface area contributed by atoms with Gasteiger partial charge in [-0.3, -0.25) is 0 Å². The van der Waals surface area contributed by atoms with Crippen LogP contribution >= 0.6 is 0 Å². The fourth-order valence-electron chi connectivity index (χ4n) is 2.98. The van der Waals surface area contributed by atoms with Crippen LogP contribution in [0.25, 0.3) is 0 Å². The van der Waals surface area contributed by atoms with Gasteiger partial charge in [0, 0.05) is 19.2 Å². The Labute approximate surface area is 92.6 Å². The topological polar surface area (TPSA) is 49.5 Å². The summed E-state index contributed by atoms with van der Waals surface area (Å²) >= 11 is 0. The first-order chi connectivity index (χ1) is 7.29. The van der Waals surface area contributed by atoms with Crippen LogP contribution in [0.1, 0.15) is 32.1 Å². The van der Waals surface area contributed by atoms with Crippen LogP contribution in [0.2, 0.25) is 0 Å². The molecule has 0 amide bonds. The summed E-state index contributed by atoms with van der Waals surface area (Å²) in [7, 11) is 0. The van der Waals surface area contributed by atoms with Crippen LogP contribution in [-0.2, 0) is 0 Å². The van der Waals surface area contributed by atoms with Crippen molar-refractivity contribution in [2.45, 2.75) is 38.1 Å². The Bertz CT molecular complexity index is 190. The number of aliphatic hydroxyl groups is 1. The summed E-state index contributed by atoms with van der Waals surface area (Å²) in [6.07, 6.45) is 6.19. The Hall–Kier alpha value is -0.120. The second-order valence-electron chi connectivity index (χ2n) is 5.28. The highest BCUT2D eigenvalue weighted by Crippen LogP contribution is 2.26. The highest BCUT2D eigenvalue weighted by atomic mass is 16.3. The molecule has 2 rings (SSSR count). The molecule has 2 fully saturated rings. The van der Waals surface area contributed by atoms with Crippen LogP contribution in [0.5, 0.6) is 0 Å². The van der Waals surface area contributed by atoms with Gasteiger partial charge in [0.1, 0.15) is 0 Å². The van der Waals surface area contributed by atoms with E-state index in [9.17, 15) is 0 Å². The standard InChI is InChI=1S/C12H24N2O/c13-12-3-1-2-11(12)8-14-6-4-10(9-15)5-7-14/h10-12,15H,1-9,13H2. The Morgan fingerprint density at radius 1 is 1.13 bits per heavy atom. The fraction of sp³-hybridized carbons (Fsp3) is 1.00. The molecule has 3 nitrogen and oxygen atoms in total. The zero-order valence-corrected chi connectivity index (χ0v) is 9.57. The molecule has 1 aliphatic carbocycles. The smallest absolute Gasteiger partial charge is 0.0460 e. The van der Waals surface area contributed by atoms with Gasteiger partial charge in [-0.15, -0.1) is 0 Å². The molecule has 15 heavy (non-hydrogen) atoms. The van der Waals surface area contributed by atoms with Crippen molar-refractivity contribution in [3.63, 3.8) is 0 Å². The van der Waals surface area contributed by atoms with Gasteiger partial charge in [-0.2, -0.15) is 0 Å². The number of nitrogens with two attached hydrogens (primary N) is 1. The molecule has 0 aromatic heterocycles. The van der Waals surface area contributed by atoms with Crippen molar-refractivity contribution in [2.24, 2.45) is 17.6 Å². The van der Waals surface area contributed by atoms with Crippen LogP contribution in [-0.4, -0.2) is 42.3 Å². The predicted molar refractivity (Wildman–Crippen MR) is 61.6 cm³/mol. The van der Waals surface area contributed by atoms with Gasteiger partial charge in [-0.25, -0.2) is 0 Å². The summed E-state index contributed by atoms with van der Waals surface area (Å²) in [5.74, 6) is 1.29. The zero-order valence-electron chi connectivity index (χ0n) is 9.57. The summed E-state index contributed by atoms with van der Waals surface area (Å²) in [6.45, 7) is 3.89. The number of nitrogens with zero attached hydrogens (tertiary/aromatic N) is 1. The molecular weight excluding hydrogens is 188 g/mol. The molecule has 88 valence electrons. The minimum Gasteiger partial charge on any atom is -0.396 e. The van der Waals surface area contributed by atoms with Crippen molar-refractivity contribution in [1.82, 2.24) is 4.90 Å². The van der Waals surface area contributed by atoms with Gasteiger partial charge in [0.15, 0.2) is 0 Å². The monoisotopic (exact) mass is 212 g/mol. The fourth-order valence-corrected chi connectivity index (χ4v) is 2.98. The van der Waals surface area contributed by atoms with E-state index in [0.29, 0.717) is 18.6 Å². The maximum Gasteiger partial charge on any atom is 0.0460 e. The van der Waals surface area contributed by atoms with E-state index in [2.05, 4.69) is 4.90 Å². The lowest BCUT2D eigenvalue weighted by Crippen LogP contribution is -2.41. The van der Waals surface area contributed by atoms with Crippen LogP contribution < -0.4 is 5.73 Å². The first kappa shape index (κ1) is 11.4. The number of hydrogen-bond acceptors (Lipinski definition) is 3. The van der Waals surface area contributed by atoms with E-state index in [1.165, 1.54) is 38.6 Å². The Morgan fingerprint density at radius 2 is 1.87 bits per heavy atom. The lowest BCUT2D eigenvalue weighted by atomic mass is 9.96. The van der Waals surface area contributed by atoms with E-state index in [-0.39, 0.29) is 0 Å². The predicted octanol–water partition coefficient (Wildman–Crippen LogP) is 0.818. The minimum atomic E-state index is 0.372. The molecule has 1 saturated carbocycles. The number of piperidine rings is 1. The van der Waals surface area contributed by atoms with E-state index < -0.39 is 0 Å². The third-order valence-electron chi connectivity index (χ3n) is 4.18. The summed E-state index contributed by atoms with van der Waals surface area (Å²) in [6, 6.07) is 0.445. The van der Waals surface area contributed by atoms with Crippen molar-refractivity contribution in [3.05, 3.63) is 0 Å². The van der Waals surface area contributed by atoms with Crippen LogP contribution in [0.3, 0.4) is 0 Å². The van der Waals surface area contributed by atoms with E-state index in [1.807, 2.05) is 0 Å². The second kappa shape index (κ2) is 5.28. The molecule has 2 aliphatic rings. The SMILES string of the molecule is NC1CCCC1CN1CCC(CO)CC1. The molecule has 1 saturated heterocycles. The van der Waals surface area contributed by atoms with Crippen LogP contribution in [0.15, 0.2) is 0 Å². The summed E-state index contributed by atoms with van der Waals surface area (Å²) < 4.78 is 0. The molecular formula is C12H24N2O. The molecule has 3 N–H and O–H groups in total. The van der Waals surface area contributed by atoms with Gasteiger partial charge in [-0.05, 0) is 50.6 Å². The lowest BCUT2D eigenvalue weighted by Gasteiger charge is -2.33. The van der Waals surface area contributed by atoms with Gasteiger partial charge in [-0.1, -0.05) is 6.42 Å². The quantitative estimate of drug-likeness (QED) is 0.728. The highest BCUT2D eigenvalue weighted by Gasteiger charge is 2.27. The molecule has 0 aromatic carbocycles. The van der Waals surface area contributed by atoms with Gasteiger partial charge in [0.25, 0.3) is 0 Å². The van der Waals surface area contributed by atoms with Crippen molar-refractivity contribution in [2.75, 3.05) is 26.2 Å². The van der Waals surface area contributed by atoms with Gasteiger partial charge >= 0.3 is 0 Å². The van der Waals surface area contributed by atoms with Crippen molar-refractivity contribution < 1.29 is 5.11 Å². The lowest BCUT2D eigenvalue weighted by molar-refractivity contribution is 0.118. The zero-order chi connectivity index (χ0) is 10.7.